The first-order valence-electron chi connectivity index (χ1n) is 11.0. The van der Waals surface area contributed by atoms with Gasteiger partial charge in [-0.05, 0) is 41.3 Å². The molecule has 34 heavy (non-hydrogen) atoms. The van der Waals surface area contributed by atoms with Crippen LogP contribution in [-0.4, -0.2) is 29.3 Å². The molecule has 0 amide bonds. The van der Waals surface area contributed by atoms with E-state index in [1.807, 2.05) is 36.4 Å². The van der Waals surface area contributed by atoms with Crippen molar-refractivity contribution in [2.75, 3.05) is 13.7 Å². The first-order chi connectivity index (χ1) is 16.4. The molecule has 4 aromatic rings. The number of carboxylic acid groups (broad SMARTS) is 1. The first kappa shape index (κ1) is 23.8. The van der Waals surface area contributed by atoms with Gasteiger partial charge in [-0.1, -0.05) is 54.9 Å². The predicted octanol–water partition coefficient (Wildman–Crippen LogP) is 6.08. The van der Waals surface area contributed by atoms with E-state index in [9.17, 15) is 14.3 Å². The van der Waals surface area contributed by atoms with Crippen LogP contribution in [0.5, 0.6) is 5.75 Å². The molecule has 0 aliphatic rings. The summed E-state index contributed by atoms with van der Waals surface area (Å²) in [6, 6.07) is 19.8. The Kier molecular flexibility index (Phi) is 7.20. The van der Waals surface area contributed by atoms with E-state index in [4.69, 9.17) is 16.3 Å². The lowest BCUT2D eigenvalue weighted by Gasteiger charge is -2.14. The van der Waals surface area contributed by atoms with Gasteiger partial charge in [-0.3, -0.25) is 0 Å². The standard InChI is InChI=1S/C27H26ClFN2O3/c1-17(18-6-4-3-5-7-18)14-30-15-23-22-11-10-21(34-2)13-25(22)31(26(23)27(32)33)16-19-8-9-20(29)12-24(19)28/h3-13,17,30H,14-16H2,1-2H3,(H,32,33)/t17-/m1/s1. The highest BCUT2D eigenvalue weighted by atomic mass is 35.5. The fourth-order valence-electron chi connectivity index (χ4n) is 4.25. The van der Waals surface area contributed by atoms with Crippen LogP contribution in [0.1, 0.15) is 40.0 Å². The summed E-state index contributed by atoms with van der Waals surface area (Å²) in [4.78, 5) is 12.4. The molecular formula is C27H26ClFN2O3. The van der Waals surface area contributed by atoms with E-state index in [0.29, 0.717) is 35.5 Å². The zero-order valence-corrected chi connectivity index (χ0v) is 19.8. The number of nitrogens with one attached hydrogen (secondary N) is 1. The molecule has 3 aromatic carbocycles. The van der Waals surface area contributed by atoms with Crippen LogP contribution in [-0.2, 0) is 13.1 Å². The van der Waals surface area contributed by atoms with Gasteiger partial charge < -0.3 is 19.7 Å². The number of ether oxygens (including phenoxy) is 1. The lowest BCUT2D eigenvalue weighted by molar-refractivity contribution is 0.0684. The van der Waals surface area contributed by atoms with E-state index in [1.165, 1.54) is 17.7 Å². The molecule has 1 heterocycles. The lowest BCUT2D eigenvalue weighted by Crippen LogP contribution is -2.21. The zero-order valence-electron chi connectivity index (χ0n) is 19.0. The zero-order chi connectivity index (χ0) is 24.2. The average molecular weight is 481 g/mol. The Labute approximate surface area is 202 Å². The number of methoxy groups -OCH3 is 1. The predicted molar refractivity (Wildman–Crippen MR) is 133 cm³/mol. The van der Waals surface area contributed by atoms with Crippen LogP contribution in [0.3, 0.4) is 0 Å². The smallest absolute Gasteiger partial charge is 0.352 e. The Hall–Kier alpha value is -3.35. The molecule has 0 aliphatic carbocycles. The van der Waals surface area contributed by atoms with Crippen LogP contribution in [0.2, 0.25) is 5.02 Å². The number of hydrogen-bond donors (Lipinski definition) is 2. The van der Waals surface area contributed by atoms with Gasteiger partial charge in [0.1, 0.15) is 17.3 Å². The largest absolute Gasteiger partial charge is 0.497 e. The summed E-state index contributed by atoms with van der Waals surface area (Å²) < 4.78 is 20.7. The molecule has 0 fully saturated rings. The number of carbonyl (C=O) groups is 1. The molecule has 176 valence electrons. The highest BCUT2D eigenvalue weighted by Gasteiger charge is 2.23. The van der Waals surface area contributed by atoms with Crippen LogP contribution >= 0.6 is 11.6 Å². The van der Waals surface area contributed by atoms with Gasteiger partial charge in [0.15, 0.2) is 0 Å². The Morgan fingerprint density at radius 1 is 1.15 bits per heavy atom. The fraction of sp³-hybridized carbons (Fsp3) is 0.222. The summed E-state index contributed by atoms with van der Waals surface area (Å²) in [6.07, 6.45) is 0. The third kappa shape index (κ3) is 4.93. The maximum Gasteiger partial charge on any atom is 0.352 e. The van der Waals surface area contributed by atoms with Crippen LogP contribution < -0.4 is 10.1 Å². The van der Waals surface area contributed by atoms with Crippen LogP contribution in [0, 0.1) is 5.82 Å². The minimum absolute atomic E-state index is 0.170. The minimum atomic E-state index is -1.04. The summed E-state index contributed by atoms with van der Waals surface area (Å²) >= 11 is 6.27. The fourth-order valence-corrected chi connectivity index (χ4v) is 4.48. The second-order valence-electron chi connectivity index (χ2n) is 8.28. The molecular weight excluding hydrogens is 455 g/mol. The van der Waals surface area contributed by atoms with Crippen molar-refractivity contribution < 1.29 is 19.0 Å². The number of halogens is 2. The molecule has 0 bridgehead atoms. The normalized spacial score (nSPS) is 12.1. The number of aromatic carboxylic acids is 1. The molecule has 0 radical (unpaired) electrons. The first-order valence-corrected chi connectivity index (χ1v) is 11.4. The molecule has 4 rings (SSSR count). The van der Waals surface area contributed by atoms with Crippen molar-refractivity contribution in [2.45, 2.75) is 25.9 Å². The molecule has 1 atom stereocenters. The molecule has 0 aliphatic heterocycles. The van der Waals surface area contributed by atoms with Gasteiger partial charge in [-0.25, -0.2) is 9.18 Å². The molecule has 0 saturated carbocycles. The molecule has 0 saturated heterocycles. The van der Waals surface area contributed by atoms with Gasteiger partial charge in [-0.15, -0.1) is 0 Å². The van der Waals surface area contributed by atoms with Gasteiger partial charge in [0.25, 0.3) is 0 Å². The van der Waals surface area contributed by atoms with Crippen molar-refractivity contribution in [3.8, 4) is 5.75 Å². The number of hydrogen-bond acceptors (Lipinski definition) is 3. The summed E-state index contributed by atoms with van der Waals surface area (Å²) in [6.45, 7) is 3.39. The molecule has 2 N–H and O–H groups in total. The molecule has 1 aromatic heterocycles. The van der Waals surface area contributed by atoms with Crippen molar-refractivity contribution in [3.05, 3.63) is 100.0 Å². The number of carboxylic acids is 1. The Morgan fingerprint density at radius 3 is 2.59 bits per heavy atom. The maximum atomic E-state index is 13.6. The van der Waals surface area contributed by atoms with Crippen LogP contribution in [0.4, 0.5) is 4.39 Å². The van der Waals surface area contributed by atoms with Gasteiger partial charge in [-0.2, -0.15) is 0 Å². The van der Waals surface area contributed by atoms with Crippen molar-refractivity contribution in [2.24, 2.45) is 0 Å². The quantitative estimate of drug-likeness (QED) is 0.304. The van der Waals surface area contributed by atoms with E-state index in [0.717, 1.165) is 5.39 Å². The number of benzene rings is 3. The van der Waals surface area contributed by atoms with E-state index >= 15 is 0 Å². The highest BCUT2D eigenvalue weighted by molar-refractivity contribution is 6.31. The third-order valence-corrected chi connectivity index (χ3v) is 6.40. The SMILES string of the molecule is COc1ccc2c(CNC[C@@H](C)c3ccccc3)c(C(=O)O)n(Cc3ccc(F)cc3Cl)c2c1. The topological polar surface area (TPSA) is 63.5 Å². The molecule has 7 heteroatoms. The van der Waals surface area contributed by atoms with E-state index < -0.39 is 11.8 Å². The van der Waals surface area contributed by atoms with E-state index in [2.05, 4.69) is 24.4 Å². The Morgan fingerprint density at radius 2 is 1.91 bits per heavy atom. The minimum Gasteiger partial charge on any atom is -0.497 e. The second-order valence-corrected chi connectivity index (χ2v) is 8.69. The number of fused-ring (bicyclic) bond motifs is 1. The van der Waals surface area contributed by atoms with Crippen LogP contribution in [0.25, 0.3) is 10.9 Å². The Bertz CT molecular complexity index is 1320. The maximum absolute atomic E-state index is 13.6. The second kappa shape index (κ2) is 10.3. The van der Waals surface area contributed by atoms with Gasteiger partial charge in [0.05, 0.1) is 12.6 Å². The van der Waals surface area contributed by atoms with Gasteiger partial charge in [0.2, 0.25) is 0 Å². The van der Waals surface area contributed by atoms with E-state index in [1.54, 1.807) is 17.7 Å². The number of rotatable bonds is 9. The third-order valence-electron chi connectivity index (χ3n) is 6.04. The van der Waals surface area contributed by atoms with Crippen molar-refractivity contribution in [3.63, 3.8) is 0 Å². The average Bonchev–Trinajstić information content (AvgIpc) is 3.14. The van der Waals surface area contributed by atoms with Crippen molar-refractivity contribution in [1.29, 1.82) is 0 Å². The molecule has 5 nitrogen and oxygen atoms in total. The van der Waals surface area contributed by atoms with Crippen molar-refractivity contribution in [1.82, 2.24) is 9.88 Å². The summed E-state index contributed by atoms with van der Waals surface area (Å²) in [7, 11) is 1.57. The molecule has 0 spiro atoms. The summed E-state index contributed by atoms with van der Waals surface area (Å²) in [5.41, 5.74) is 3.41. The van der Waals surface area contributed by atoms with Crippen molar-refractivity contribution >= 4 is 28.5 Å². The van der Waals surface area contributed by atoms with Crippen LogP contribution in [0.15, 0.2) is 66.7 Å². The van der Waals surface area contributed by atoms with E-state index in [-0.39, 0.29) is 23.2 Å². The summed E-state index contributed by atoms with van der Waals surface area (Å²) in [5, 5.41) is 14.7. The monoisotopic (exact) mass is 480 g/mol. The Balaban J connectivity index is 1.72. The van der Waals surface area contributed by atoms with Gasteiger partial charge >= 0.3 is 5.97 Å². The van der Waals surface area contributed by atoms with Gasteiger partial charge in [0, 0.05) is 41.7 Å². The highest BCUT2D eigenvalue weighted by Crippen LogP contribution is 2.32. The summed E-state index contributed by atoms with van der Waals surface area (Å²) in [5.74, 6) is -0.600. The number of aromatic nitrogens is 1. The number of nitrogens with zero attached hydrogens (tertiary/aromatic N) is 1. The molecule has 0 unspecified atom stereocenters. The lowest BCUT2D eigenvalue weighted by atomic mass is 10.0.